The van der Waals surface area contributed by atoms with Crippen molar-refractivity contribution in [3.63, 3.8) is 0 Å². The van der Waals surface area contributed by atoms with Gasteiger partial charge in [-0.3, -0.25) is 4.90 Å². The SMILES string of the molecule is CC(C)(C)[Si](Oc1cc2c(s1)CCN(C(C1=CC=CC(=C=O)C1Cl)C1CC1)C2)(c1ccccc1)c1ccccc1. The molecule has 0 saturated heterocycles. The van der Waals surface area contributed by atoms with E-state index in [2.05, 4.69) is 104 Å². The lowest BCUT2D eigenvalue weighted by Gasteiger charge is -2.42. The van der Waals surface area contributed by atoms with E-state index in [0.29, 0.717) is 11.5 Å². The van der Waals surface area contributed by atoms with Gasteiger partial charge in [0.1, 0.15) is 5.94 Å². The number of carbonyl (C=O) groups excluding carboxylic acids is 1. The van der Waals surface area contributed by atoms with Crippen molar-refractivity contribution in [1.29, 1.82) is 0 Å². The molecule has 2 heterocycles. The smallest absolute Gasteiger partial charge is 0.321 e. The molecule has 1 aliphatic heterocycles. The first-order valence-corrected chi connectivity index (χ1v) is 17.4. The van der Waals surface area contributed by atoms with Gasteiger partial charge in [0, 0.05) is 24.0 Å². The number of alkyl halides is 1. The number of halogens is 1. The minimum Gasteiger partial charge on any atom is -0.527 e. The van der Waals surface area contributed by atoms with Crippen LogP contribution in [-0.2, 0) is 17.8 Å². The Morgan fingerprint density at radius 3 is 2.27 bits per heavy atom. The van der Waals surface area contributed by atoms with Crippen molar-refractivity contribution in [1.82, 2.24) is 4.90 Å². The van der Waals surface area contributed by atoms with E-state index in [1.54, 1.807) is 6.08 Å². The van der Waals surface area contributed by atoms with Gasteiger partial charge in [0.05, 0.1) is 11.0 Å². The zero-order valence-corrected chi connectivity index (χ0v) is 26.0. The maximum Gasteiger partial charge on any atom is 0.321 e. The number of rotatable bonds is 7. The van der Waals surface area contributed by atoms with Crippen LogP contribution in [0.25, 0.3) is 0 Å². The molecule has 2 atom stereocenters. The molecule has 3 aromatic rings. The van der Waals surface area contributed by atoms with Crippen LogP contribution in [0.2, 0.25) is 5.04 Å². The highest BCUT2D eigenvalue weighted by Gasteiger charge is 2.52. The molecular formula is C34H36ClNO2SSi. The van der Waals surface area contributed by atoms with Crippen molar-refractivity contribution in [2.75, 3.05) is 6.54 Å². The lowest BCUT2D eigenvalue weighted by molar-refractivity contribution is 0.184. The lowest BCUT2D eigenvalue weighted by atomic mass is 9.89. The van der Waals surface area contributed by atoms with E-state index in [0.717, 1.165) is 30.1 Å². The van der Waals surface area contributed by atoms with E-state index in [4.69, 9.17) is 16.0 Å². The van der Waals surface area contributed by atoms with Crippen LogP contribution in [0.1, 0.15) is 44.1 Å². The molecule has 0 spiro atoms. The number of hydrogen-bond acceptors (Lipinski definition) is 4. The Morgan fingerprint density at radius 2 is 1.70 bits per heavy atom. The van der Waals surface area contributed by atoms with Crippen molar-refractivity contribution in [3.05, 3.63) is 107 Å². The second kappa shape index (κ2) is 11.0. The molecule has 0 N–H and O–H groups in total. The molecule has 0 bridgehead atoms. The molecule has 2 unspecified atom stereocenters. The second-order valence-corrected chi connectivity index (χ2v) is 18.0. The van der Waals surface area contributed by atoms with E-state index in [9.17, 15) is 4.79 Å². The van der Waals surface area contributed by atoms with Crippen molar-refractivity contribution >= 4 is 47.6 Å². The summed E-state index contributed by atoms with van der Waals surface area (Å²) < 4.78 is 7.36. The first-order valence-electron chi connectivity index (χ1n) is 14.2. The summed E-state index contributed by atoms with van der Waals surface area (Å²) in [5.74, 6) is 2.66. The fourth-order valence-corrected chi connectivity index (χ4v) is 12.6. The standard InChI is InChI=1S/C34H36ClNO2SSi/c1-34(2,3)40(27-12-6-4-7-13-27,28-14-8-5-9-15-28)38-31-21-26-22-36(20-19-30(26)39-31)33(24-17-18-24)29-16-10-11-25(23-37)32(29)35/h4-16,21,24,32-33H,17-20,22H2,1-3H3. The highest BCUT2D eigenvalue weighted by molar-refractivity contribution is 7.15. The van der Waals surface area contributed by atoms with Gasteiger partial charge in [0.15, 0.2) is 5.06 Å². The molecule has 1 saturated carbocycles. The fourth-order valence-electron chi connectivity index (χ4n) is 6.55. The number of fused-ring (bicyclic) bond motifs is 1. The Labute approximate surface area is 248 Å². The van der Waals surface area contributed by atoms with Gasteiger partial charge in [0.25, 0.3) is 0 Å². The first-order chi connectivity index (χ1) is 19.3. The quantitative estimate of drug-likeness (QED) is 0.176. The van der Waals surface area contributed by atoms with E-state index in [1.165, 1.54) is 33.7 Å². The minimum atomic E-state index is -2.68. The first kappa shape index (κ1) is 27.5. The molecule has 1 fully saturated rings. The number of thiophene rings is 1. The normalized spacial score (nSPS) is 20.4. The van der Waals surface area contributed by atoms with Gasteiger partial charge in [-0.25, -0.2) is 4.79 Å². The average Bonchev–Trinajstić information content (AvgIpc) is 3.71. The van der Waals surface area contributed by atoms with Crippen LogP contribution in [-0.4, -0.2) is 37.1 Å². The summed E-state index contributed by atoms with van der Waals surface area (Å²) in [4.78, 5) is 15.5. The number of benzene rings is 2. The van der Waals surface area contributed by atoms with Crippen LogP contribution >= 0.6 is 22.9 Å². The predicted molar refractivity (Wildman–Crippen MR) is 169 cm³/mol. The van der Waals surface area contributed by atoms with Gasteiger partial charge >= 0.3 is 8.32 Å². The molecule has 40 heavy (non-hydrogen) atoms. The van der Waals surface area contributed by atoms with Crippen molar-refractivity contribution in [2.24, 2.45) is 5.92 Å². The van der Waals surface area contributed by atoms with Crippen LogP contribution in [0.4, 0.5) is 0 Å². The van der Waals surface area contributed by atoms with Crippen LogP contribution in [0.5, 0.6) is 5.06 Å². The Hall–Kier alpha value is -2.66. The van der Waals surface area contributed by atoms with Gasteiger partial charge in [-0.05, 0) is 63.9 Å². The monoisotopic (exact) mass is 585 g/mol. The van der Waals surface area contributed by atoms with Crippen LogP contribution in [0.15, 0.2) is 96.1 Å². The molecule has 0 amide bonds. The highest BCUT2D eigenvalue weighted by atomic mass is 35.5. The zero-order valence-electron chi connectivity index (χ0n) is 23.4. The topological polar surface area (TPSA) is 29.5 Å². The minimum absolute atomic E-state index is 0.0799. The molecule has 2 aromatic carbocycles. The Kier molecular flexibility index (Phi) is 7.54. The summed E-state index contributed by atoms with van der Waals surface area (Å²) >= 11 is 8.64. The van der Waals surface area contributed by atoms with E-state index < -0.39 is 13.7 Å². The molecule has 206 valence electrons. The molecule has 1 aromatic heterocycles. The summed E-state index contributed by atoms with van der Waals surface area (Å²) in [6, 6.07) is 24.3. The molecule has 3 aliphatic rings. The van der Waals surface area contributed by atoms with Crippen LogP contribution in [0.3, 0.4) is 0 Å². The predicted octanol–water partition coefficient (Wildman–Crippen LogP) is 6.69. The van der Waals surface area contributed by atoms with Gasteiger partial charge in [-0.1, -0.05) is 93.6 Å². The lowest BCUT2D eigenvalue weighted by Crippen LogP contribution is -2.68. The number of nitrogens with zero attached hydrogens (tertiary/aromatic N) is 1. The maximum absolute atomic E-state index is 11.5. The summed E-state index contributed by atoms with van der Waals surface area (Å²) in [7, 11) is -2.68. The summed E-state index contributed by atoms with van der Waals surface area (Å²) in [6.07, 6.45) is 9.30. The molecule has 3 nitrogen and oxygen atoms in total. The van der Waals surface area contributed by atoms with Crippen molar-refractivity contribution in [3.8, 4) is 5.06 Å². The van der Waals surface area contributed by atoms with E-state index in [-0.39, 0.29) is 11.1 Å². The summed E-state index contributed by atoms with van der Waals surface area (Å²) in [5.41, 5.74) is 3.05. The molecule has 2 aliphatic carbocycles. The Balaban J connectivity index is 1.34. The average molecular weight is 586 g/mol. The van der Waals surface area contributed by atoms with E-state index in [1.807, 2.05) is 17.4 Å². The molecule has 6 heteroatoms. The van der Waals surface area contributed by atoms with Crippen molar-refractivity contribution < 1.29 is 9.22 Å². The third kappa shape index (κ3) is 4.99. The summed E-state index contributed by atoms with van der Waals surface area (Å²) in [6.45, 7) is 8.84. The third-order valence-electron chi connectivity index (χ3n) is 8.60. The molecule has 0 radical (unpaired) electrons. The largest absolute Gasteiger partial charge is 0.527 e. The van der Waals surface area contributed by atoms with Crippen LogP contribution in [0, 0.1) is 5.92 Å². The summed E-state index contributed by atoms with van der Waals surface area (Å²) in [5, 5.41) is 3.12. The zero-order chi connectivity index (χ0) is 27.9. The molecule has 6 rings (SSSR count). The Bertz CT molecular complexity index is 1440. The highest BCUT2D eigenvalue weighted by Crippen LogP contribution is 2.46. The number of allylic oxidation sites excluding steroid dienone is 4. The second-order valence-electron chi connectivity index (χ2n) is 12.2. The molecular weight excluding hydrogens is 550 g/mol. The van der Waals surface area contributed by atoms with Gasteiger partial charge < -0.3 is 4.43 Å². The Morgan fingerprint density at radius 1 is 1.05 bits per heavy atom. The van der Waals surface area contributed by atoms with Gasteiger partial charge in [-0.2, -0.15) is 0 Å². The number of hydrogen-bond donors (Lipinski definition) is 0. The van der Waals surface area contributed by atoms with E-state index >= 15 is 0 Å². The van der Waals surface area contributed by atoms with Crippen LogP contribution < -0.4 is 14.8 Å². The third-order valence-corrected chi connectivity index (χ3v) is 15.3. The maximum atomic E-state index is 11.5. The van der Waals surface area contributed by atoms with Crippen molar-refractivity contribution in [2.45, 2.75) is 63.0 Å². The fraction of sp³-hybridized carbons (Fsp3) is 0.353. The van der Waals surface area contributed by atoms with Gasteiger partial charge in [-0.15, -0.1) is 22.9 Å². The van der Waals surface area contributed by atoms with Gasteiger partial charge in [0.2, 0.25) is 0 Å².